The van der Waals surface area contributed by atoms with Crippen LogP contribution in [0.3, 0.4) is 0 Å². The topological polar surface area (TPSA) is 50.7 Å². The van der Waals surface area contributed by atoms with Crippen LogP contribution in [-0.4, -0.2) is 22.2 Å². The predicted octanol–water partition coefficient (Wildman–Crippen LogP) is 2.70. The Morgan fingerprint density at radius 1 is 1.12 bits per heavy atom. The van der Waals surface area contributed by atoms with Gasteiger partial charge in [-0.05, 0) is 11.5 Å². The molecule has 0 aliphatic rings. The summed E-state index contributed by atoms with van der Waals surface area (Å²) in [4.78, 5) is 4.35. The number of nitrogens with one attached hydrogen (secondary N) is 1. The number of rotatable bonds is 3. The molecule has 2 aromatic rings. The summed E-state index contributed by atoms with van der Waals surface area (Å²) in [6.07, 6.45) is 1.60. The van der Waals surface area contributed by atoms with Gasteiger partial charge < -0.3 is 5.32 Å². The molecule has 0 amide bonds. The van der Waals surface area contributed by atoms with E-state index in [-0.39, 0.29) is 0 Å². The average molecular weight is 228 g/mol. The van der Waals surface area contributed by atoms with E-state index < -0.39 is 0 Å². The van der Waals surface area contributed by atoms with Crippen molar-refractivity contribution in [1.82, 2.24) is 15.2 Å². The number of anilines is 1. The first-order valence-electron chi connectivity index (χ1n) is 5.68. The van der Waals surface area contributed by atoms with E-state index in [1.807, 2.05) is 19.2 Å². The molecule has 1 N–H and O–H groups in total. The summed E-state index contributed by atoms with van der Waals surface area (Å²) in [5, 5.41) is 10.9. The van der Waals surface area contributed by atoms with E-state index in [9.17, 15) is 0 Å². The second-order valence-electron chi connectivity index (χ2n) is 4.19. The molecule has 17 heavy (non-hydrogen) atoms. The summed E-state index contributed by atoms with van der Waals surface area (Å²) >= 11 is 0. The predicted molar refractivity (Wildman–Crippen MR) is 68.9 cm³/mol. The van der Waals surface area contributed by atoms with Crippen LogP contribution in [0, 0.1) is 0 Å². The maximum Gasteiger partial charge on any atom is 0.183 e. The Hall–Kier alpha value is -1.97. The van der Waals surface area contributed by atoms with Crippen molar-refractivity contribution < 1.29 is 0 Å². The van der Waals surface area contributed by atoms with Crippen LogP contribution in [0.2, 0.25) is 0 Å². The molecule has 0 spiro atoms. The molecule has 4 heteroatoms. The minimum absolute atomic E-state index is 0.534. The third-order valence-corrected chi connectivity index (χ3v) is 2.65. The van der Waals surface area contributed by atoms with Gasteiger partial charge in [-0.3, -0.25) is 0 Å². The van der Waals surface area contributed by atoms with Crippen molar-refractivity contribution >= 4 is 5.82 Å². The van der Waals surface area contributed by atoms with Crippen molar-refractivity contribution in [1.29, 1.82) is 0 Å². The minimum atomic E-state index is 0.534. The van der Waals surface area contributed by atoms with Gasteiger partial charge in [-0.25, -0.2) is 4.98 Å². The highest BCUT2D eigenvalue weighted by molar-refractivity contribution is 5.56. The van der Waals surface area contributed by atoms with E-state index in [0.29, 0.717) is 11.7 Å². The molecule has 0 aliphatic heterocycles. The van der Waals surface area contributed by atoms with Gasteiger partial charge in [-0.15, -0.1) is 5.10 Å². The first-order chi connectivity index (χ1) is 8.20. The fraction of sp³-hybridized carbons (Fsp3) is 0.308. The van der Waals surface area contributed by atoms with Gasteiger partial charge >= 0.3 is 0 Å². The molecule has 0 aliphatic carbocycles. The smallest absolute Gasteiger partial charge is 0.183 e. The SMILES string of the molecule is CNc1cnnc(-c2ccc(C(C)C)cc2)n1. The maximum absolute atomic E-state index is 4.35. The Morgan fingerprint density at radius 3 is 2.41 bits per heavy atom. The first kappa shape index (κ1) is 11.5. The standard InChI is InChI=1S/C13H16N4/c1-9(2)10-4-6-11(7-5-10)13-16-12(14-3)8-15-17-13/h4-9H,1-3H3,(H,14,16,17). The van der Waals surface area contributed by atoms with Gasteiger partial charge in [0.2, 0.25) is 0 Å². The summed E-state index contributed by atoms with van der Waals surface area (Å²) in [6, 6.07) is 8.28. The van der Waals surface area contributed by atoms with Crippen molar-refractivity contribution in [3.05, 3.63) is 36.0 Å². The number of aromatic nitrogens is 3. The average Bonchev–Trinajstić information content (AvgIpc) is 2.39. The molecule has 0 atom stereocenters. The zero-order chi connectivity index (χ0) is 12.3. The Kier molecular flexibility index (Phi) is 3.32. The monoisotopic (exact) mass is 228 g/mol. The van der Waals surface area contributed by atoms with Crippen LogP contribution in [0.25, 0.3) is 11.4 Å². The van der Waals surface area contributed by atoms with Gasteiger partial charge in [0.05, 0.1) is 6.20 Å². The number of hydrogen-bond acceptors (Lipinski definition) is 4. The van der Waals surface area contributed by atoms with Gasteiger partial charge in [-0.1, -0.05) is 38.1 Å². The van der Waals surface area contributed by atoms with Crippen LogP contribution < -0.4 is 5.32 Å². The van der Waals surface area contributed by atoms with E-state index in [4.69, 9.17) is 0 Å². The van der Waals surface area contributed by atoms with Crippen LogP contribution in [0.5, 0.6) is 0 Å². The van der Waals surface area contributed by atoms with E-state index >= 15 is 0 Å². The van der Waals surface area contributed by atoms with Gasteiger partial charge in [0.15, 0.2) is 5.82 Å². The second-order valence-corrected chi connectivity index (χ2v) is 4.19. The highest BCUT2D eigenvalue weighted by atomic mass is 15.2. The fourth-order valence-electron chi connectivity index (χ4n) is 1.56. The lowest BCUT2D eigenvalue weighted by molar-refractivity contribution is 0.866. The molecule has 1 heterocycles. The molecular formula is C13H16N4. The molecular weight excluding hydrogens is 212 g/mol. The normalized spacial score (nSPS) is 10.6. The van der Waals surface area contributed by atoms with E-state index in [2.05, 4.69) is 46.5 Å². The van der Waals surface area contributed by atoms with Gasteiger partial charge in [-0.2, -0.15) is 5.10 Å². The van der Waals surface area contributed by atoms with Gasteiger partial charge in [0.1, 0.15) is 5.82 Å². The second kappa shape index (κ2) is 4.91. The lowest BCUT2D eigenvalue weighted by atomic mass is 10.0. The Bertz CT molecular complexity index is 491. The minimum Gasteiger partial charge on any atom is -0.372 e. The van der Waals surface area contributed by atoms with Gasteiger partial charge in [0.25, 0.3) is 0 Å². The molecule has 4 nitrogen and oxygen atoms in total. The quantitative estimate of drug-likeness (QED) is 0.877. The summed E-state index contributed by atoms with van der Waals surface area (Å²) in [5.74, 6) is 1.90. The van der Waals surface area contributed by atoms with Gasteiger partial charge in [0, 0.05) is 12.6 Å². The number of hydrogen-bond donors (Lipinski definition) is 1. The van der Waals surface area contributed by atoms with Crippen LogP contribution in [0.15, 0.2) is 30.5 Å². The summed E-state index contributed by atoms with van der Waals surface area (Å²) < 4.78 is 0. The van der Waals surface area contributed by atoms with Crippen molar-refractivity contribution in [2.24, 2.45) is 0 Å². The first-order valence-corrected chi connectivity index (χ1v) is 5.68. The van der Waals surface area contributed by atoms with E-state index in [1.54, 1.807) is 6.20 Å². The fourth-order valence-corrected chi connectivity index (χ4v) is 1.56. The number of nitrogens with zero attached hydrogens (tertiary/aromatic N) is 3. The zero-order valence-corrected chi connectivity index (χ0v) is 10.3. The summed E-state index contributed by atoms with van der Waals surface area (Å²) in [5.41, 5.74) is 2.30. The molecule has 0 unspecified atom stereocenters. The molecule has 88 valence electrons. The lowest BCUT2D eigenvalue weighted by Gasteiger charge is -2.06. The van der Waals surface area contributed by atoms with Crippen LogP contribution in [0.1, 0.15) is 25.3 Å². The molecule has 0 fully saturated rings. The van der Waals surface area contributed by atoms with Crippen LogP contribution in [-0.2, 0) is 0 Å². The molecule has 0 saturated carbocycles. The Balaban J connectivity index is 2.32. The third kappa shape index (κ3) is 2.58. The van der Waals surface area contributed by atoms with E-state index in [1.165, 1.54) is 5.56 Å². The van der Waals surface area contributed by atoms with Crippen molar-refractivity contribution in [2.75, 3.05) is 12.4 Å². The highest BCUT2D eigenvalue weighted by Gasteiger charge is 2.04. The maximum atomic E-state index is 4.35. The molecule has 2 rings (SSSR count). The zero-order valence-electron chi connectivity index (χ0n) is 10.3. The van der Waals surface area contributed by atoms with Crippen LogP contribution >= 0.6 is 0 Å². The third-order valence-electron chi connectivity index (χ3n) is 2.65. The van der Waals surface area contributed by atoms with Crippen molar-refractivity contribution in [2.45, 2.75) is 19.8 Å². The Labute approximate surface area is 101 Å². The summed E-state index contributed by atoms with van der Waals surface area (Å²) in [6.45, 7) is 4.35. The van der Waals surface area contributed by atoms with Crippen molar-refractivity contribution in [3.8, 4) is 11.4 Å². The lowest BCUT2D eigenvalue weighted by Crippen LogP contribution is -1.98. The number of benzene rings is 1. The van der Waals surface area contributed by atoms with Crippen LogP contribution in [0.4, 0.5) is 5.82 Å². The molecule has 0 radical (unpaired) electrons. The largest absolute Gasteiger partial charge is 0.372 e. The molecule has 1 aromatic heterocycles. The molecule has 0 bridgehead atoms. The Morgan fingerprint density at radius 2 is 1.82 bits per heavy atom. The summed E-state index contributed by atoms with van der Waals surface area (Å²) in [7, 11) is 1.82. The highest BCUT2D eigenvalue weighted by Crippen LogP contribution is 2.20. The van der Waals surface area contributed by atoms with E-state index in [0.717, 1.165) is 11.4 Å². The van der Waals surface area contributed by atoms with Crippen molar-refractivity contribution in [3.63, 3.8) is 0 Å². The molecule has 0 saturated heterocycles. The molecule has 1 aromatic carbocycles.